The Bertz CT molecular complexity index is 1260. The van der Waals surface area contributed by atoms with Gasteiger partial charge in [-0.2, -0.15) is 0 Å². The smallest absolute Gasteiger partial charge is 0.345 e. The number of rotatable bonds is 7. The molecule has 5 rings (SSSR count). The summed E-state index contributed by atoms with van der Waals surface area (Å²) < 4.78 is 39.3. The summed E-state index contributed by atoms with van der Waals surface area (Å²) in [6.45, 7) is 4.13. The second-order valence-electron chi connectivity index (χ2n) is 7.31. The first-order valence-corrected chi connectivity index (χ1v) is 10.8. The second-order valence-corrected chi connectivity index (χ2v) is 7.31. The van der Waals surface area contributed by atoms with E-state index in [1.807, 2.05) is 25.1 Å². The van der Waals surface area contributed by atoms with Gasteiger partial charge in [0.2, 0.25) is 13.6 Å². The van der Waals surface area contributed by atoms with E-state index in [-0.39, 0.29) is 37.3 Å². The third kappa shape index (κ3) is 4.17. The summed E-state index contributed by atoms with van der Waals surface area (Å²) >= 11 is 0. The van der Waals surface area contributed by atoms with Crippen molar-refractivity contribution in [3.8, 4) is 46.0 Å². The summed E-state index contributed by atoms with van der Waals surface area (Å²) in [5.74, 6) is 3.36. The molecule has 8 nitrogen and oxygen atoms in total. The molecule has 0 saturated heterocycles. The van der Waals surface area contributed by atoms with Gasteiger partial charge in [-0.25, -0.2) is 4.79 Å². The number of fused-ring (bicyclic) bond motifs is 2. The number of carbonyl (C=O) groups is 1. The SMILES string of the molecule is CC=Cc1cc2c(cc1Oc1cccc(Oc3ccc4c(c3)OCO4)c1C(=O)OCC)OCO2. The van der Waals surface area contributed by atoms with Gasteiger partial charge in [0, 0.05) is 17.7 Å². The van der Waals surface area contributed by atoms with Gasteiger partial charge >= 0.3 is 5.97 Å². The second kappa shape index (κ2) is 9.27. The molecule has 0 unspecified atom stereocenters. The van der Waals surface area contributed by atoms with E-state index in [1.165, 1.54) is 0 Å². The van der Waals surface area contributed by atoms with Crippen LogP contribution in [-0.4, -0.2) is 26.2 Å². The topological polar surface area (TPSA) is 81.7 Å². The molecule has 0 aliphatic carbocycles. The average Bonchev–Trinajstić information content (AvgIpc) is 3.48. The molecule has 0 N–H and O–H groups in total. The number of carbonyl (C=O) groups excluding carboxylic acids is 1. The lowest BCUT2D eigenvalue weighted by Gasteiger charge is -2.16. The molecular formula is C26H22O8. The van der Waals surface area contributed by atoms with E-state index in [2.05, 4.69) is 0 Å². The number of esters is 1. The first-order valence-electron chi connectivity index (χ1n) is 10.8. The van der Waals surface area contributed by atoms with Crippen molar-refractivity contribution >= 4 is 12.0 Å². The zero-order chi connectivity index (χ0) is 23.5. The molecule has 0 radical (unpaired) electrons. The Morgan fingerprint density at radius 1 is 0.853 bits per heavy atom. The van der Waals surface area contributed by atoms with Crippen molar-refractivity contribution in [2.45, 2.75) is 13.8 Å². The minimum absolute atomic E-state index is 0.140. The molecule has 0 spiro atoms. The van der Waals surface area contributed by atoms with E-state index in [1.54, 1.807) is 49.4 Å². The lowest BCUT2D eigenvalue weighted by Crippen LogP contribution is -2.08. The molecule has 8 heteroatoms. The van der Waals surface area contributed by atoms with E-state index < -0.39 is 5.97 Å². The third-order valence-corrected chi connectivity index (χ3v) is 5.11. The molecule has 2 heterocycles. The highest BCUT2D eigenvalue weighted by Crippen LogP contribution is 2.43. The molecule has 0 bridgehead atoms. The Balaban J connectivity index is 1.53. The van der Waals surface area contributed by atoms with Gasteiger partial charge < -0.3 is 33.2 Å². The Morgan fingerprint density at radius 3 is 2.26 bits per heavy atom. The maximum Gasteiger partial charge on any atom is 0.345 e. The number of hydrogen-bond donors (Lipinski definition) is 0. The Kier molecular flexibility index (Phi) is 5.86. The summed E-state index contributed by atoms with van der Waals surface area (Å²) in [6, 6.07) is 13.8. The van der Waals surface area contributed by atoms with Gasteiger partial charge in [-0.1, -0.05) is 18.2 Å². The van der Waals surface area contributed by atoms with Crippen LogP contribution in [-0.2, 0) is 4.74 Å². The summed E-state index contributed by atoms with van der Waals surface area (Å²) in [5.41, 5.74) is 0.926. The van der Waals surface area contributed by atoms with Crippen LogP contribution < -0.4 is 28.4 Å². The van der Waals surface area contributed by atoms with E-state index >= 15 is 0 Å². The Hall–Kier alpha value is -4.33. The molecule has 34 heavy (non-hydrogen) atoms. The lowest BCUT2D eigenvalue weighted by atomic mass is 10.1. The van der Waals surface area contributed by atoms with Crippen LogP contribution in [0.2, 0.25) is 0 Å². The standard InChI is InChI=1S/C26H22O8/c1-3-6-16-11-22-24(32-15-30-22)13-21(16)34-20-8-5-7-19(25(20)26(27)28-4-2)33-17-9-10-18-23(12-17)31-14-29-18/h3,5-13H,4,14-15H2,1-2H3. The van der Waals surface area contributed by atoms with Gasteiger partial charge in [-0.15, -0.1) is 0 Å². The largest absolute Gasteiger partial charge is 0.462 e. The van der Waals surface area contributed by atoms with E-state index in [0.717, 1.165) is 5.56 Å². The van der Waals surface area contributed by atoms with Crippen LogP contribution in [0.4, 0.5) is 0 Å². The van der Waals surface area contributed by atoms with Crippen molar-refractivity contribution < 1.29 is 38.0 Å². The zero-order valence-corrected chi connectivity index (χ0v) is 18.7. The fourth-order valence-electron chi connectivity index (χ4n) is 3.61. The van der Waals surface area contributed by atoms with Crippen molar-refractivity contribution in [1.82, 2.24) is 0 Å². The monoisotopic (exact) mass is 462 g/mol. The normalized spacial score (nSPS) is 13.2. The molecule has 3 aromatic carbocycles. The van der Waals surface area contributed by atoms with Crippen molar-refractivity contribution in [2.24, 2.45) is 0 Å². The Morgan fingerprint density at radius 2 is 1.53 bits per heavy atom. The van der Waals surface area contributed by atoms with E-state index in [4.69, 9.17) is 33.2 Å². The summed E-state index contributed by atoms with van der Waals surface area (Å²) in [7, 11) is 0. The fraction of sp³-hybridized carbons (Fsp3) is 0.192. The maximum atomic E-state index is 13.0. The van der Waals surface area contributed by atoms with Crippen molar-refractivity contribution in [3.63, 3.8) is 0 Å². The highest BCUT2D eigenvalue weighted by Gasteiger charge is 2.24. The van der Waals surface area contributed by atoms with Gasteiger partial charge in [-0.05, 0) is 44.2 Å². The Labute approximate surface area is 196 Å². The van der Waals surface area contributed by atoms with Gasteiger partial charge in [0.05, 0.1) is 6.61 Å². The molecule has 0 aromatic heterocycles. The van der Waals surface area contributed by atoms with Crippen LogP contribution in [0.1, 0.15) is 29.8 Å². The van der Waals surface area contributed by atoms with Crippen molar-refractivity contribution in [3.05, 3.63) is 65.7 Å². The van der Waals surface area contributed by atoms with Crippen LogP contribution in [0.5, 0.6) is 46.0 Å². The fourth-order valence-corrected chi connectivity index (χ4v) is 3.61. The number of allylic oxidation sites excluding steroid dienone is 1. The van der Waals surface area contributed by atoms with Crippen molar-refractivity contribution in [2.75, 3.05) is 20.2 Å². The molecule has 174 valence electrons. The van der Waals surface area contributed by atoms with Crippen LogP contribution in [0, 0.1) is 0 Å². The van der Waals surface area contributed by atoms with Gasteiger partial charge in [-0.3, -0.25) is 0 Å². The van der Waals surface area contributed by atoms with Gasteiger partial charge in [0.25, 0.3) is 0 Å². The number of hydrogen-bond acceptors (Lipinski definition) is 8. The van der Waals surface area contributed by atoms with Crippen LogP contribution in [0.25, 0.3) is 6.08 Å². The highest BCUT2D eigenvalue weighted by molar-refractivity contribution is 5.96. The van der Waals surface area contributed by atoms with E-state index in [0.29, 0.717) is 34.5 Å². The van der Waals surface area contributed by atoms with Crippen LogP contribution in [0.3, 0.4) is 0 Å². The molecule has 0 amide bonds. The molecule has 0 saturated carbocycles. The third-order valence-electron chi connectivity index (χ3n) is 5.11. The van der Waals surface area contributed by atoms with Crippen LogP contribution in [0.15, 0.2) is 54.6 Å². The minimum atomic E-state index is -0.567. The van der Waals surface area contributed by atoms with Crippen LogP contribution >= 0.6 is 0 Å². The predicted molar refractivity (Wildman–Crippen MR) is 122 cm³/mol. The molecule has 3 aromatic rings. The maximum absolute atomic E-state index is 13.0. The quantitative estimate of drug-likeness (QED) is 0.399. The van der Waals surface area contributed by atoms with Crippen molar-refractivity contribution in [1.29, 1.82) is 0 Å². The van der Waals surface area contributed by atoms with E-state index in [9.17, 15) is 4.79 Å². The van der Waals surface area contributed by atoms with Gasteiger partial charge in [0.1, 0.15) is 28.6 Å². The molecule has 2 aliphatic rings. The summed E-state index contributed by atoms with van der Waals surface area (Å²) in [5, 5.41) is 0. The van der Waals surface area contributed by atoms with Gasteiger partial charge in [0.15, 0.2) is 23.0 Å². The molecule has 2 aliphatic heterocycles. The molecular weight excluding hydrogens is 440 g/mol. The molecule has 0 fully saturated rings. The predicted octanol–water partition coefficient (Wildman–Crippen LogP) is 5.94. The lowest BCUT2D eigenvalue weighted by molar-refractivity contribution is 0.0520. The first-order chi connectivity index (χ1) is 16.7. The molecule has 0 atom stereocenters. The first kappa shape index (κ1) is 21.5. The minimum Gasteiger partial charge on any atom is -0.462 e. The zero-order valence-electron chi connectivity index (χ0n) is 18.7. The number of benzene rings is 3. The summed E-state index contributed by atoms with van der Waals surface area (Å²) in [4.78, 5) is 13.0. The average molecular weight is 462 g/mol. The summed E-state index contributed by atoms with van der Waals surface area (Å²) in [6.07, 6.45) is 3.77. The number of ether oxygens (including phenoxy) is 7. The highest BCUT2D eigenvalue weighted by atomic mass is 16.7.